The minimum Gasteiger partial charge on any atom is -0.463 e. The number of hydrogen-bond acceptors (Lipinski definition) is 5. The third-order valence-corrected chi connectivity index (χ3v) is 3.52. The lowest BCUT2D eigenvalue weighted by Crippen LogP contribution is -2.05. The van der Waals surface area contributed by atoms with Gasteiger partial charge in [0.1, 0.15) is 17.9 Å². The molecule has 0 aliphatic rings. The Morgan fingerprint density at radius 2 is 1.88 bits per heavy atom. The highest BCUT2D eigenvalue weighted by Crippen LogP contribution is 2.26. The molecule has 0 atom stereocenters. The van der Waals surface area contributed by atoms with Gasteiger partial charge in [-0.05, 0) is 24.3 Å². The lowest BCUT2D eigenvalue weighted by Gasteiger charge is -2.02. The van der Waals surface area contributed by atoms with Gasteiger partial charge in [0, 0.05) is 6.07 Å². The monoisotopic (exact) mass is 318 g/mol. The van der Waals surface area contributed by atoms with Crippen LogP contribution in [-0.2, 0) is 0 Å². The molecular formula is C18H10N2O4. The average molecular weight is 318 g/mol. The van der Waals surface area contributed by atoms with E-state index in [1.165, 1.54) is 30.5 Å². The number of allylic oxidation sites excluding steroid dienone is 1. The zero-order valence-electron chi connectivity index (χ0n) is 12.3. The van der Waals surface area contributed by atoms with Crippen LogP contribution in [0.1, 0.15) is 11.1 Å². The molecule has 6 heteroatoms. The van der Waals surface area contributed by atoms with Gasteiger partial charge in [-0.15, -0.1) is 0 Å². The minimum absolute atomic E-state index is 0.0184. The lowest BCUT2D eigenvalue weighted by atomic mass is 10.0. The van der Waals surface area contributed by atoms with E-state index in [4.69, 9.17) is 4.42 Å². The number of fused-ring (bicyclic) bond motifs is 1. The van der Waals surface area contributed by atoms with E-state index < -0.39 is 4.92 Å². The van der Waals surface area contributed by atoms with Crippen molar-refractivity contribution in [2.75, 3.05) is 0 Å². The zero-order valence-corrected chi connectivity index (χ0v) is 12.3. The Morgan fingerprint density at radius 3 is 2.62 bits per heavy atom. The van der Waals surface area contributed by atoms with Crippen molar-refractivity contribution >= 4 is 28.3 Å². The highest BCUT2D eigenvalue weighted by atomic mass is 16.6. The second kappa shape index (κ2) is 6.18. The van der Waals surface area contributed by atoms with Crippen LogP contribution in [0.2, 0.25) is 0 Å². The summed E-state index contributed by atoms with van der Waals surface area (Å²) >= 11 is 0. The molecule has 0 fully saturated rings. The Morgan fingerprint density at radius 1 is 1.17 bits per heavy atom. The SMILES string of the molecule is N#C/C(=C\c1coc2ccccc2c1=O)c1ccccc1[N+](=O)[O-]. The summed E-state index contributed by atoms with van der Waals surface area (Å²) in [4.78, 5) is 23.0. The molecule has 0 radical (unpaired) electrons. The number of nitro benzene ring substituents is 1. The Balaban J connectivity index is 2.20. The van der Waals surface area contributed by atoms with Gasteiger partial charge >= 0.3 is 0 Å². The third kappa shape index (κ3) is 2.66. The van der Waals surface area contributed by atoms with Gasteiger partial charge in [-0.3, -0.25) is 14.9 Å². The van der Waals surface area contributed by atoms with Crippen LogP contribution in [0.25, 0.3) is 22.6 Å². The molecule has 2 aromatic carbocycles. The minimum atomic E-state index is -0.566. The van der Waals surface area contributed by atoms with Crippen LogP contribution < -0.4 is 5.43 Å². The molecule has 0 bridgehead atoms. The first kappa shape index (κ1) is 15.2. The third-order valence-electron chi connectivity index (χ3n) is 3.52. The molecule has 0 saturated carbocycles. The van der Waals surface area contributed by atoms with Crippen LogP contribution in [0.15, 0.2) is 64.0 Å². The molecular weight excluding hydrogens is 308 g/mol. The summed E-state index contributed by atoms with van der Waals surface area (Å²) in [5, 5.41) is 20.9. The van der Waals surface area contributed by atoms with Crippen molar-refractivity contribution < 1.29 is 9.34 Å². The molecule has 0 unspecified atom stereocenters. The normalized spacial score (nSPS) is 11.2. The summed E-state index contributed by atoms with van der Waals surface area (Å²) in [6, 6.07) is 14.5. The number of nitro groups is 1. The Kier molecular flexibility index (Phi) is 3.91. The van der Waals surface area contributed by atoms with E-state index in [0.29, 0.717) is 11.0 Å². The Hall–Kier alpha value is -3.72. The average Bonchev–Trinajstić information content (AvgIpc) is 2.61. The van der Waals surface area contributed by atoms with E-state index in [2.05, 4.69) is 0 Å². The molecule has 0 aliphatic heterocycles. The molecule has 1 heterocycles. The predicted octanol–water partition coefficient (Wildman–Crippen LogP) is 3.77. The summed E-state index contributed by atoms with van der Waals surface area (Å²) in [5.74, 6) is 0. The van der Waals surface area contributed by atoms with Gasteiger partial charge in [0.25, 0.3) is 5.69 Å². The van der Waals surface area contributed by atoms with Crippen LogP contribution in [0.5, 0.6) is 0 Å². The summed E-state index contributed by atoms with van der Waals surface area (Å²) < 4.78 is 5.39. The summed E-state index contributed by atoms with van der Waals surface area (Å²) in [5.41, 5.74) is 0.258. The summed E-state index contributed by atoms with van der Waals surface area (Å²) in [7, 11) is 0. The quantitative estimate of drug-likeness (QED) is 0.416. The van der Waals surface area contributed by atoms with Crippen LogP contribution in [0, 0.1) is 21.4 Å². The van der Waals surface area contributed by atoms with Crippen LogP contribution in [-0.4, -0.2) is 4.92 Å². The van der Waals surface area contributed by atoms with Crippen molar-refractivity contribution in [3.63, 3.8) is 0 Å². The van der Waals surface area contributed by atoms with Gasteiger partial charge in [-0.25, -0.2) is 0 Å². The van der Waals surface area contributed by atoms with E-state index in [1.54, 1.807) is 30.3 Å². The smallest absolute Gasteiger partial charge is 0.277 e. The predicted molar refractivity (Wildman–Crippen MR) is 89.1 cm³/mol. The topological polar surface area (TPSA) is 97.1 Å². The molecule has 24 heavy (non-hydrogen) atoms. The molecule has 6 nitrogen and oxygen atoms in total. The summed E-state index contributed by atoms with van der Waals surface area (Å²) in [6.07, 6.45) is 2.55. The van der Waals surface area contributed by atoms with Gasteiger partial charge < -0.3 is 4.42 Å². The highest BCUT2D eigenvalue weighted by Gasteiger charge is 2.17. The molecule has 0 amide bonds. The van der Waals surface area contributed by atoms with Crippen LogP contribution >= 0.6 is 0 Å². The number of nitrogens with zero attached hydrogens (tertiary/aromatic N) is 2. The maximum Gasteiger partial charge on any atom is 0.277 e. The van der Waals surface area contributed by atoms with Crippen molar-refractivity contribution in [3.8, 4) is 6.07 Å². The highest BCUT2D eigenvalue weighted by molar-refractivity contribution is 5.93. The lowest BCUT2D eigenvalue weighted by molar-refractivity contribution is -0.385. The van der Waals surface area contributed by atoms with E-state index in [-0.39, 0.29) is 27.8 Å². The van der Waals surface area contributed by atoms with Gasteiger partial charge in [0.05, 0.1) is 27.0 Å². The van der Waals surface area contributed by atoms with Crippen molar-refractivity contribution in [3.05, 3.63) is 86.3 Å². The maximum absolute atomic E-state index is 12.5. The van der Waals surface area contributed by atoms with Crippen molar-refractivity contribution in [2.24, 2.45) is 0 Å². The van der Waals surface area contributed by atoms with Crippen molar-refractivity contribution in [1.82, 2.24) is 0 Å². The fraction of sp³-hybridized carbons (Fsp3) is 0. The van der Waals surface area contributed by atoms with Crippen molar-refractivity contribution in [1.29, 1.82) is 5.26 Å². The fourth-order valence-electron chi connectivity index (χ4n) is 2.38. The van der Waals surface area contributed by atoms with Crippen LogP contribution in [0.3, 0.4) is 0 Å². The Bertz CT molecular complexity index is 1070. The fourth-order valence-corrected chi connectivity index (χ4v) is 2.38. The molecule has 0 N–H and O–H groups in total. The first-order chi connectivity index (χ1) is 11.6. The zero-order chi connectivity index (χ0) is 17.1. The molecule has 0 saturated heterocycles. The molecule has 0 aliphatic carbocycles. The number of para-hydroxylation sites is 2. The van der Waals surface area contributed by atoms with E-state index in [9.17, 15) is 20.2 Å². The van der Waals surface area contributed by atoms with E-state index >= 15 is 0 Å². The van der Waals surface area contributed by atoms with Gasteiger partial charge in [-0.1, -0.05) is 24.3 Å². The number of benzene rings is 2. The van der Waals surface area contributed by atoms with Crippen molar-refractivity contribution in [2.45, 2.75) is 0 Å². The van der Waals surface area contributed by atoms with Crippen LogP contribution in [0.4, 0.5) is 5.69 Å². The Labute approximate surface area is 136 Å². The van der Waals surface area contributed by atoms with Gasteiger partial charge in [0.15, 0.2) is 5.43 Å². The molecule has 1 aromatic heterocycles. The first-order valence-electron chi connectivity index (χ1n) is 6.98. The number of nitriles is 1. The van der Waals surface area contributed by atoms with E-state index in [0.717, 1.165) is 0 Å². The molecule has 3 rings (SSSR count). The maximum atomic E-state index is 12.5. The van der Waals surface area contributed by atoms with E-state index in [1.807, 2.05) is 6.07 Å². The molecule has 116 valence electrons. The number of hydrogen-bond donors (Lipinski definition) is 0. The van der Waals surface area contributed by atoms with Gasteiger partial charge in [0.2, 0.25) is 0 Å². The number of rotatable bonds is 3. The summed E-state index contributed by atoms with van der Waals surface area (Å²) in [6.45, 7) is 0. The molecule has 3 aromatic rings. The second-order valence-corrected chi connectivity index (χ2v) is 4.96. The molecule has 0 spiro atoms. The first-order valence-corrected chi connectivity index (χ1v) is 6.98. The second-order valence-electron chi connectivity index (χ2n) is 4.96. The standard InChI is InChI=1S/C18H10N2O4/c19-10-12(14-5-1-3-7-16(14)20(22)23)9-13-11-24-17-8-4-2-6-15(17)18(13)21/h1-9,11H/b12-9+. The van der Waals surface area contributed by atoms with Gasteiger partial charge in [-0.2, -0.15) is 5.26 Å². The largest absolute Gasteiger partial charge is 0.463 e.